The molecule has 0 saturated carbocycles. The summed E-state index contributed by atoms with van der Waals surface area (Å²) in [5.41, 5.74) is 1.11. The molecule has 2 N–H and O–H groups in total. The fourth-order valence-electron chi connectivity index (χ4n) is 1.72. The molecule has 1 atom stereocenters. The average molecular weight is 251 g/mol. The lowest BCUT2D eigenvalue weighted by molar-refractivity contribution is -0.143. The minimum atomic E-state index is -0.743. The predicted octanol–water partition coefficient (Wildman–Crippen LogP) is 2.14. The molecule has 0 aromatic heterocycles. The number of carboxylic acids is 1. The number of hydrogen-bond acceptors (Lipinski definition) is 3. The van der Waals surface area contributed by atoms with Crippen molar-refractivity contribution in [2.75, 3.05) is 13.7 Å². The van der Waals surface area contributed by atoms with Gasteiger partial charge < -0.3 is 15.2 Å². The molecule has 4 nitrogen and oxygen atoms in total. The number of ether oxygens (including phenoxy) is 1. The number of methoxy groups -OCH3 is 1. The predicted molar refractivity (Wildman–Crippen MR) is 70.7 cm³/mol. The van der Waals surface area contributed by atoms with Crippen LogP contribution in [0.5, 0.6) is 5.75 Å². The molecule has 4 heteroatoms. The van der Waals surface area contributed by atoms with Crippen LogP contribution in [0.25, 0.3) is 0 Å². The van der Waals surface area contributed by atoms with Crippen molar-refractivity contribution in [3.8, 4) is 5.75 Å². The normalized spacial score (nSPS) is 12.4. The zero-order chi connectivity index (χ0) is 13.5. The van der Waals surface area contributed by atoms with Crippen LogP contribution in [0.15, 0.2) is 24.3 Å². The van der Waals surface area contributed by atoms with Gasteiger partial charge in [-0.2, -0.15) is 0 Å². The highest BCUT2D eigenvalue weighted by atomic mass is 16.5. The van der Waals surface area contributed by atoms with Crippen LogP contribution in [-0.2, 0) is 11.3 Å². The average Bonchev–Trinajstić information content (AvgIpc) is 2.34. The second-order valence-corrected chi connectivity index (χ2v) is 4.67. The van der Waals surface area contributed by atoms with E-state index in [0.717, 1.165) is 11.3 Å². The lowest BCUT2D eigenvalue weighted by Crippen LogP contribution is -2.31. The van der Waals surface area contributed by atoms with Crippen LogP contribution >= 0.6 is 0 Å². The van der Waals surface area contributed by atoms with Gasteiger partial charge in [0.1, 0.15) is 5.75 Å². The minimum absolute atomic E-state index is 0.130. The molecule has 0 radical (unpaired) electrons. The van der Waals surface area contributed by atoms with E-state index in [-0.39, 0.29) is 11.8 Å². The van der Waals surface area contributed by atoms with Gasteiger partial charge in [-0.05, 0) is 23.6 Å². The number of carbonyl (C=O) groups is 1. The van der Waals surface area contributed by atoms with Crippen molar-refractivity contribution in [1.29, 1.82) is 0 Å². The summed E-state index contributed by atoms with van der Waals surface area (Å²) in [6, 6.07) is 7.73. The summed E-state index contributed by atoms with van der Waals surface area (Å²) in [5.74, 6) is -0.134. The highest BCUT2D eigenvalue weighted by Crippen LogP contribution is 2.12. The van der Waals surface area contributed by atoms with Crippen molar-refractivity contribution in [1.82, 2.24) is 5.32 Å². The smallest absolute Gasteiger partial charge is 0.308 e. The Morgan fingerprint density at radius 2 is 1.94 bits per heavy atom. The van der Waals surface area contributed by atoms with Gasteiger partial charge in [-0.25, -0.2) is 0 Å². The molecule has 0 saturated heterocycles. The number of hydrogen-bond donors (Lipinski definition) is 2. The lowest BCUT2D eigenvalue weighted by atomic mass is 9.96. The summed E-state index contributed by atoms with van der Waals surface area (Å²) in [7, 11) is 1.63. The molecule has 0 fully saturated rings. The number of carboxylic acid groups (broad SMARTS) is 1. The molecule has 0 aliphatic heterocycles. The minimum Gasteiger partial charge on any atom is -0.497 e. The molecular formula is C14H21NO3. The summed E-state index contributed by atoms with van der Waals surface area (Å²) in [6.07, 6.45) is 0. The monoisotopic (exact) mass is 251 g/mol. The van der Waals surface area contributed by atoms with Gasteiger partial charge in [0, 0.05) is 13.1 Å². The second-order valence-electron chi connectivity index (χ2n) is 4.67. The Kier molecular flexibility index (Phi) is 5.65. The Bertz CT molecular complexity index is 373. The molecule has 0 bridgehead atoms. The summed E-state index contributed by atoms with van der Waals surface area (Å²) in [6.45, 7) is 5.00. The van der Waals surface area contributed by atoms with Crippen LogP contribution in [0, 0.1) is 11.8 Å². The van der Waals surface area contributed by atoms with Crippen LogP contribution in [0.2, 0.25) is 0 Å². The van der Waals surface area contributed by atoms with Gasteiger partial charge in [-0.3, -0.25) is 4.79 Å². The third-order valence-electron chi connectivity index (χ3n) is 2.97. The van der Waals surface area contributed by atoms with Crippen LogP contribution < -0.4 is 10.1 Å². The lowest BCUT2D eigenvalue weighted by Gasteiger charge is -2.16. The molecule has 0 spiro atoms. The van der Waals surface area contributed by atoms with Crippen molar-refractivity contribution in [2.24, 2.45) is 11.8 Å². The Balaban J connectivity index is 2.42. The molecule has 0 aliphatic carbocycles. The van der Waals surface area contributed by atoms with Gasteiger partial charge in [0.05, 0.1) is 13.0 Å². The van der Waals surface area contributed by atoms with Crippen LogP contribution in [0.1, 0.15) is 19.4 Å². The highest BCUT2D eigenvalue weighted by molar-refractivity contribution is 5.70. The SMILES string of the molecule is COc1ccc(CNCC(C(=O)O)C(C)C)cc1. The maximum atomic E-state index is 11.0. The first kappa shape index (κ1) is 14.5. The number of rotatable bonds is 7. The first-order valence-electron chi connectivity index (χ1n) is 6.11. The van der Waals surface area contributed by atoms with Crippen molar-refractivity contribution >= 4 is 5.97 Å². The molecule has 1 rings (SSSR count). The van der Waals surface area contributed by atoms with E-state index >= 15 is 0 Å². The molecule has 100 valence electrons. The third kappa shape index (κ3) is 4.37. The summed E-state index contributed by atoms with van der Waals surface area (Å²) >= 11 is 0. The van der Waals surface area contributed by atoms with Gasteiger partial charge in [0.15, 0.2) is 0 Å². The molecule has 1 aromatic rings. The first-order chi connectivity index (χ1) is 8.54. The van der Waals surface area contributed by atoms with Gasteiger partial charge in [0.2, 0.25) is 0 Å². The second kappa shape index (κ2) is 7.01. The van der Waals surface area contributed by atoms with Crippen LogP contribution in [0.4, 0.5) is 0 Å². The number of benzene rings is 1. The van der Waals surface area contributed by atoms with Crippen molar-refractivity contribution < 1.29 is 14.6 Å². The van der Waals surface area contributed by atoms with E-state index in [1.807, 2.05) is 38.1 Å². The van der Waals surface area contributed by atoms with Crippen molar-refractivity contribution in [3.05, 3.63) is 29.8 Å². The van der Waals surface area contributed by atoms with Crippen LogP contribution in [0.3, 0.4) is 0 Å². The largest absolute Gasteiger partial charge is 0.497 e. The Morgan fingerprint density at radius 1 is 1.33 bits per heavy atom. The summed E-state index contributed by atoms with van der Waals surface area (Å²) in [4.78, 5) is 11.0. The maximum Gasteiger partial charge on any atom is 0.308 e. The summed E-state index contributed by atoms with van der Waals surface area (Å²) < 4.78 is 5.08. The topological polar surface area (TPSA) is 58.6 Å². The number of aliphatic carboxylic acids is 1. The number of nitrogens with one attached hydrogen (secondary N) is 1. The molecule has 0 amide bonds. The van der Waals surface area contributed by atoms with Gasteiger partial charge in [-0.1, -0.05) is 26.0 Å². The Labute approximate surface area is 108 Å². The van der Waals surface area contributed by atoms with E-state index in [9.17, 15) is 4.79 Å². The van der Waals surface area contributed by atoms with E-state index in [0.29, 0.717) is 13.1 Å². The third-order valence-corrected chi connectivity index (χ3v) is 2.97. The van der Waals surface area contributed by atoms with Gasteiger partial charge in [-0.15, -0.1) is 0 Å². The fraction of sp³-hybridized carbons (Fsp3) is 0.500. The van der Waals surface area contributed by atoms with Crippen molar-refractivity contribution in [3.63, 3.8) is 0 Å². The van der Waals surface area contributed by atoms with E-state index in [1.165, 1.54) is 0 Å². The van der Waals surface area contributed by atoms with E-state index < -0.39 is 5.97 Å². The van der Waals surface area contributed by atoms with E-state index in [1.54, 1.807) is 7.11 Å². The van der Waals surface area contributed by atoms with Gasteiger partial charge >= 0.3 is 5.97 Å². The Morgan fingerprint density at radius 3 is 2.39 bits per heavy atom. The maximum absolute atomic E-state index is 11.0. The van der Waals surface area contributed by atoms with Crippen molar-refractivity contribution in [2.45, 2.75) is 20.4 Å². The quantitative estimate of drug-likeness (QED) is 0.779. The van der Waals surface area contributed by atoms with Gasteiger partial charge in [0.25, 0.3) is 0 Å². The molecule has 1 aromatic carbocycles. The molecule has 1 unspecified atom stereocenters. The zero-order valence-corrected chi connectivity index (χ0v) is 11.1. The molecular weight excluding hydrogens is 230 g/mol. The first-order valence-corrected chi connectivity index (χ1v) is 6.11. The summed E-state index contributed by atoms with van der Waals surface area (Å²) in [5, 5.41) is 12.2. The van der Waals surface area contributed by atoms with E-state index in [2.05, 4.69) is 5.32 Å². The fourth-order valence-corrected chi connectivity index (χ4v) is 1.72. The molecule has 0 aliphatic rings. The molecule has 0 heterocycles. The van der Waals surface area contributed by atoms with Crippen LogP contribution in [-0.4, -0.2) is 24.7 Å². The molecule has 18 heavy (non-hydrogen) atoms. The zero-order valence-electron chi connectivity index (χ0n) is 11.1. The Hall–Kier alpha value is -1.55. The highest BCUT2D eigenvalue weighted by Gasteiger charge is 2.20. The standard InChI is InChI=1S/C14H21NO3/c1-10(2)13(14(16)17)9-15-8-11-4-6-12(18-3)7-5-11/h4-7,10,13,15H,8-9H2,1-3H3,(H,16,17). The van der Waals surface area contributed by atoms with E-state index in [4.69, 9.17) is 9.84 Å².